The second kappa shape index (κ2) is 16.9. The number of likely N-dealkylation sites (tertiary alicyclic amines) is 2. The van der Waals surface area contributed by atoms with Crippen LogP contribution >= 0.6 is 0 Å². The fraction of sp³-hybridized carbons (Fsp3) is 0.447. The number of anilines is 1. The summed E-state index contributed by atoms with van der Waals surface area (Å²) in [5, 5.41) is 3.14. The highest BCUT2D eigenvalue weighted by Gasteiger charge is 2.34. The molecule has 0 unspecified atom stereocenters. The predicted octanol–water partition coefficient (Wildman–Crippen LogP) is 7.18. The first-order valence-electron chi connectivity index (χ1n) is 20.7. The fourth-order valence-corrected chi connectivity index (χ4v) is 8.92. The van der Waals surface area contributed by atoms with Gasteiger partial charge in [-0.15, -0.1) is 0 Å². The smallest absolute Gasteiger partial charge is 0.310 e. The van der Waals surface area contributed by atoms with Gasteiger partial charge in [0, 0.05) is 50.7 Å². The zero-order chi connectivity index (χ0) is 40.5. The molecule has 2 saturated carbocycles. The van der Waals surface area contributed by atoms with Gasteiger partial charge in [0.2, 0.25) is 0 Å². The molecule has 2 aromatic heterocycles. The van der Waals surface area contributed by atoms with Gasteiger partial charge >= 0.3 is 11.9 Å². The number of rotatable bonds is 14. The van der Waals surface area contributed by atoms with Gasteiger partial charge in [0.15, 0.2) is 5.78 Å². The van der Waals surface area contributed by atoms with Crippen LogP contribution in [0.1, 0.15) is 110 Å². The Balaban J connectivity index is 0.950. The van der Waals surface area contributed by atoms with Crippen LogP contribution in [0.4, 0.5) is 5.69 Å². The van der Waals surface area contributed by atoms with E-state index in [0.717, 1.165) is 90.6 Å². The molecule has 1 N–H and O–H groups in total. The molecule has 0 bridgehead atoms. The minimum Gasteiger partial charge on any atom is -0.469 e. The number of amides is 1. The summed E-state index contributed by atoms with van der Waals surface area (Å²) in [7, 11) is 2.89. The van der Waals surface area contributed by atoms with Gasteiger partial charge in [-0.25, -0.2) is 0 Å². The molecule has 0 spiro atoms. The minimum absolute atomic E-state index is 0.0201. The number of aromatic nitrogens is 2. The Hall–Kier alpha value is -5.26. The molecule has 2 aliphatic carbocycles. The SMILES string of the molecule is COC(=O)[C@H]1CCN(Cc2cnc(C(=O)Cc3cccc(-c4cccc(NC(=O)c5cc(C6CC6)c(CN6CC[C@H](C(=O)OC)C6)cn5)c4C)c3C)cc2C2CC2)C1. The van der Waals surface area contributed by atoms with E-state index in [-0.39, 0.29) is 41.9 Å². The first-order valence-corrected chi connectivity index (χ1v) is 20.7. The van der Waals surface area contributed by atoms with Gasteiger partial charge in [-0.1, -0.05) is 30.3 Å². The van der Waals surface area contributed by atoms with E-state index in [1.165, 1.54) is 25.3 Å². The minimum atomic E-state index is -0.258. The molecule has 58 heavy (non-hydrogen) atoms. The van der Waals surface area contributed by atoms with Crippen molar-refractivity contribution in [2.45, 2.75) is 83.7 Å². The Morgan fingerprint density at radius 2 is 1.19 bits per heavy atom. The van der Waals surface area contributed by atoms with Crippen molar-refractivity contribution in [1.82, 2.24) is 19.8 Å². The van der Waals surface area contributed by atoms with Gasteiger partial charge in [0.25, 0.3) is 5.91 Å². The third-order valence-electron chi connectivity index (χ3n) is 12.7. The lowest BCUT2D eigenvalue weighted by molar-refractivity contribution is -0.145. The number of carbonyl (C=O) groups is 4. The highest BCUT2D eigenvalue weighted by Crippen LogP contribution is 2.43. The van der Waals surface area contributed by atoms with Crippen LogP contribution in [-0.4, -0.2) is 83.8 Å². The van der Waals surface area contributed by atoms with Crippen LogP contribution in [0.25, 0.3) is 11.1 Å². The molecule has 2 aromatic carbocycles. The molecule has 2 saturated heterocycles. The summed E-state index contributed by atoms with van der Waals surface area (Å²) < 4.78 is 9.94. The standard InChI is InChI=1S/C47H53N5O6/c1-28-32(19-44(53)42-20-39(30-11-12-30)35(22-48-42)26-51-17-15-33(24-51)46(55)57-3)7-5-8-37(28)38-9-6-10-41(29(38)2)50-45(54)43-21-40(31-13-14-31)36(23-49-43)27-52-18-16-34(25-52)47(56)58-4/h5-10,20-23,30-31,33-34H,11-19,24-27H2,1-4H3,(H,50,54)/t33-,34-/m0/s1. The predicted molar refractivity (Wildman–Crippen MR) is 221 cm³/mol. The molecule has 4 heterocycles. The molecule has 2 aliphatic heterocycles. The van der Waals surface area contributed by atoms with E-state index in [9.17, 15) is 19.2 Å². The Kier molecular flexibility index (Phi) is 11.5. The molecular formula is C47H53N5O6. The van der Waals surface area contributed by atoms with Crippen molar-refractivity contribution in [1.29, 1.82) is 0 Å². The number of pyridine rings is 2. The summed E-state index contributed by atoms with van der Waals surface area (Å²) in [6.45, 7) is 8.48. The van der Waals surface area contributed by atoms with Crippen molar-refractivity contribution in [3.8, 4) is 11.1 Å². The quantitative estimate of drug-likeness (QED) is 0.104. The number of carbonyl (C=O) groups excluding carboxylic acids is 4. The molecule has 4 aliphatic rings. The molecule has 8 rings (SSSR count). The average molecular weight is 784 g/mol. The van der Waals surface area contributed by atoms with Gasteiger partial charge in [-0.2, -0.15) is 0 Å². The van der Waals surface area contributed by atoms with E-state index in [2.05, 4.69) is 44.1 Å². The van der Waals surface area contributed by atoms with E-state index < -0.39 is 0 Å². The van der Waals surface area contributed by atoms with Crippen LogP contribution < -0.4 is 5.32 Å². The third kappa shape index (κ3) is 8.61. The summed E-state index contributed by atoms with van der Waals surface area (Å²) in [6, 6.07) is 15.9. The number of esters is 2. The largest absolute Gasteiger partial charge is 0.469 e. The van der Waals surface area contributed by atoms with Crippen molar-refractivity contribution >= 4 is 29.3 Å². The van der Waals surface area contributed by atoms with Gasteiger partial charge < -0.3 is 14.8 Å². The molecule has 11 nitrogen and oxygen atoms in total. The number of ether oxygens (including phenoxy) is 2. The summed E-state index contributed by atoms with van der Waals surface area (Å²) in [4.78, 5) is 65.6. The lowest BCUT2D eigenvalue weighted by Gasteiger charge is -2.19. The number of benzene rings is 2. The Morgan fingerprint density at radius 1 is 0.672 bits per heavy atom. The first-order chi connectivity index (χ1) is 28.1. The Labute approximate surface area is 340 Å². The van der Waals surface area contributed by atoms with Gasteiger partial charge in [-0.3, -0.25) is 38.9 Å². The van der Waals surface area contributed by atoms with Crippen LogP contribution in [0.5, 0.6) is 0 Å². The number of ketones is 1. The monoisotopic (exact) mass is 783 g/mol. The molecule has 4 aromatic rings. The van der Waals surface area contributed by atoms with Crippen molar-refractivity contribution in [3.05, 3.63) is 111 Å². The highest BCUT2D eigenvalue weighted by molar-refractivity contribution is 6.04. The van der Waals surface area contributed by atoms with E-state index in [4.69, 9.17) is 9.47 Å². The Bertz CT molecular complexity index is 2090. The number of hydrogen-bond donors (Lipinski definition) is 1. The van der Waals surface area contributed by atoms with Gasteiger partial charge in [-0.05, 0) is 146 Å². The topological polar surface area (TPSA) is 131 Å². The lowest BCUT2D eigenvalue weighted by atomic mass is 9.90. The third-order valence-corrected chi connectivity index (χ3v) is 12.7. The molecule has 0 radical (unpaired) electrons. The number of nitrogens with zero attached hydrogens (tertiary/aromatic N) is 4. The molecule has 1 amide bonds. The number of nitrogens with one attached hydrogen (secondary N) is 1. The van der Waals surface area contributed by atoms with Crippen molar-refractivity contribution < 1.29 is 28.7 Å². The van der Waals surface area contributed by atoms with Crippen LogP contribution in [0.2, 0.25) is 0 Å². The zero-order valence-electron chi connectivity index (χ0n) is 34.0. The van der Waals surface area contributed by atoms with Crippen molar-refractivity contribution in [3.63, 3.8) is 0 Å². The van der Waals surface area contributed by atoms with Gasteiger partial charge in [0.05, 0.1) is 26.1 Å². The Morgan fingerprint density at radius 3 is 1.74 bits per heavy atom. The molecule has 2 atom stereocenters. The maximum absolute atomic E-state index is 13.8. The van der Waals surface area contributed by atoms with Crippen molar-refractivity contribution in [2.75, 3.05) is 45.7 Å². The summed E-state index contributed by atoms with van der Waals surface area (Å²) in [6.07, 6.45) is 9.93. The normalized spacial score (nSPS) is 19.6. The first kappa shape index (κ1) is 39.6. The molecule has 302 valence electrons. The zero-order valence-corrected chi connectivity index (χ0v) is 34.0. The molecule has 4 fully saturated rings. The maximum atomic E-state index is 13.8. The molecular weight excluding hydrogens is 731 g/mol. The number of hydrogen-bond acceptors (Lipinski definition) is 10. The molecule has 11 heteroatoms. The highest BCUT2D eigenvalue weighted by atomic mass is 16.5. The summed E-state index contributed by atoms with van der Waals surface area (Å²) in [5.41, 5.74) is 11.1. The van der Waals surface area contributed by atoms with Crippen LogP contribution in [0.15, 0.2) is 60.9 Å². The van der Waals surface area contributed by atoms with Crippen molar-refractivity contribution in [2.24, 2.45) is 11.8 Å². The van der Waals surface area contributed by atoms with E-state index in [1.807, 2.05) is 55.7 Å². The van der Waals surface area contributed by atoms with E-state index in [0.29, 0.717) is 55.1 Å². The van der Waals surface area contributed by atoms with E-state index in [1.54, 1.807) is 0 Å². The number of methoxy groups -OCH3 is 2. The fourth-order valence-electron chi connectivity index (χ4n) is 8.92. The lowest BCUT2D eigenvalue weighted by Crippen LogP contribution is -2.24. The van der Waals surface area contributed by atoms with Crippen LogP contribution in [-0.2, 0) is 38.6 Å². The average Bonchev–Trinajstić information content (AvgIpc) is 4.17. The van der Waals surface area contributed by atoms with Gasteiger partial charge in [0.1, 0.15) is 11.4 Å². The van der Waals surface area contributed by atoms with E-state index >= 15 is 0 Å². The maximum Gasteiger partial charge on any atom is 0.310 e. The second-order valence-corrected chi connectivity index (χ2v) is 16.7. The second-order valence-electron chi connectivity index (χ2n) is 16.7. The summed E-state index contributed by atoms with van der Waals surface area (Å²) >= 11 is 0. The van der Waals surface area contributed by atoms with Crippen LogP contribution in [0.3, 0.4) is 0 Å². The number of Topliss-reactive ketones (excluding diaryl/α,β-unsaturated/α-hetero) is 1. The summed E-state index contributed by atoms with van der Waals surface area (Å²) in [5.74, 6) is 0.0982. The van der Waals surface area contributed by atoms with Crippen LogP contribution in [0, 0.1) is 25.7 Å².